The molecule has 0 unspecified atom stereocenters. The molecule has 72 valence electrons. The standard InChI is InChI=1S/2C6H4Cl.Ca/c2*7-6-4-2-1-3-5-6;/h2*2-5H;/q2*-1;+2. The molecule has 0 spiro atoms. The van der Waals surface area contributed by atoms with Crippen LogP contribution in [0.4, 0.5) is 0 Å². The van der Waals surface area contributed by atoms with Crippen molar-refractivity contribution in [1.82, 2.24) is 0 Å². The predicted octanol–water partition coefficient (Wildman–Crippen LogP) is 3.90. The minimum absolute atomic E-state index is 0. The molecule has 0 aliphatic rings. The molecule has 0 nitrogen and oxygen atoms in total. The van der Waals surface area contributed by atoms with Crippen molar-refractivity contribution < 1.29 is 0 Å². The fourth-order valence-electron chi connectivity index (χ4n) is 0.733. The molecule has 0 atom stereocenters. The third kappa shape index (κ3) is 8.12. The summed E-state index contributed by atoms with van der Waals surface area (Å²) in [5.74, 6) is 0. The van der Waals surface area contributed by atoms with Crippen LogP contribution in [0.25, 0.3) is 0 Å². The fourth-order valence-corrected chi connectivity index (χ4v) is 0.985. The fraction of sp³-hybridized carbons (Fsp3) is 0. The maximum atomic E-state index is 5.52. The van der Waals surface area contributed by atoms with E-state index in [0.717, 1.165) is 10.0 Å². The maximum Gasteiger partial charge on any atom is 2.00 e. The number of benzene rings is 2. The van der Waals surface area contributed by atoms with Crippen molar-refractivity contribution in [2.45, 2.75) is 0 Å². The van der Waals surface area contributed by atoms with E-state index in [0.29, 0.717) is 0 Å². The number of halogens is 2. The molecule has 0 N–H and O–H groups in total. The first-order valence-electron chi connectivity index (χ1n) is 4.02. The first-order chi connectivity index (χ1) is 6.79. The van der Waals surface area contributed by atoms with Crippen LogP contribution in [0.3, 0.4) is 0 Å². The molecule has 0 amide bonds. The summed E-state index contributed by atoms with van der Waals surface area (Å²) in [6.45, 7) is 0. The van der Waals surface area contributed by atoms with E-state index in [1.54, 1.807) is 48.5 Å². The molecule has 15 heavy (non-hydrogen) atoms. The summed E-state index contributed by atoms with van der Waals surface area (Å²) in [5.41, 5.74) is 0. The Morgan fingerprint density at radius 1 is 0.667 bits per heavy atom. The molecule has 0 bridgehead atoms. The van der Waals surface area contributed by atoms with E-state index in [-0.39, 0.29) is 37.7 Å². The molecule has 3 heteroatoms. The van der Waals surface area contributed by atoms with Gasteiger partial charge in [-0.2, -0.15) is 60.7 Å². The van der Waals surface area contributed by atoms with Gasteiger partial charge in [0.25, 0.3) is 0 Å². The Balaban J connectivity index is 0.000000245. The molecular formula is C12H8CaCl2. The van der Waals surface area contributed by atoms with Crippen LogP contribution < -0.4 is 0 Å². The third-order valence-corrected chi connectivity index (χ3v) is 1.86. The Bertz CT molecular complexity index is 311. The van der Waals surface area contributed by atoms with Crippen molar-refractivity contribution in [2.24, 2.45) is 0 Å². The molecule has 0 heterocycles. The third-order valence-electron chi connectivity index (χ3n) is 1.36. The average Bonchev–Trinajstić information content (AvgIpc) is 2.21. The Hall–Kier alpha value is 0.280. The smallest absolute Gasteiger partial charge is 0.184 e. The summed E-state index contributed by atoms with van der Waals surface area (Å²) >= 11 is 11.0. The summed E-state index contributed by atoms with van der Waals surface area (Å²) in [4.78, 5) is 0. The zero-order chi connectivity index (χ0) is 10.2. The van der Waals surface area contributed by atoms with Crippen molar-refractivity contribution in [3.8, 4) is 0 Å². The predicted molar refractivity (Wildman–Crippen MR) is 66.3 cm³/mol. The van der Waals surface area contributed by atoms with Crippen molar-refractivity contribution in [2.75, 3.05) is 0 Å². The largest absolute Gasteiger partial charge is 2.00 e. The minimum Gasteiger partial charge on any atom is -0.184 e. The van der Waals surface area contributed by atoms with Crippen LogP contribution in [0.1, 0.15) is 0 Å². The summed E-state index contributed by atoms with van der Waals surface area (Å²) in [6.07, 6.45) is 0. The van der Waals surface area contributed by atoms with Crippen molar-refractivity contribution >= 4 is 60.9 Å². The number of rotatable bonds is 0. The van der Waals surface area contributed by atoms with E-state index >= 15 is 0 Å². The van der Waals surface area contributed by atoms with Crippen LogP contribution in [0.2, 0.25) is 10.0 Å². The van der Waals surface area contributed by atoms with E-state index in [2.05, 4.69) is 12.1 Å². The number of hydrogen-bond donors (Lipinski definition) is 0. The Morgan fingerprint density at radius 2 is 0.933 bits per heavy atom. The second-order valence-corrected chi connectivity index (χ2v) is 3.31. The zero-order valence-electron chi connectivity index (χ0n) is 8.08. The molecule has 0 radical (unpaired) electrons. The summed E-state index contributed by atoms with van der Waals surface area (Å²) in [7, 11) is 0. The number of hydrogen-bond acceptors (Lipinski definition) is 0. The van der Waals surface area contributed by atoms with Gasteiger partial charge in [-0.05, 0) is 0 Å². The molecule has 0 aliphatic carbocycles. The van der Waals surface area contributed by atoms with Gasteiger partial charge in [-0.3, -0.25) is 0 Å². The topological polar surface area (TPSA) is 0 Å². The van der Waals surface area contributed by atoms with Crippen LogP contribution in [0.15, 0.2) is 48.5 Å². The first-order valence-corrected chi connectivity index (χ1v) is 4.78. The zero-order valence-corrected chi connectivity index (χ0v) is 11.8. The summed E-state index contributed by atoms with van der Waals surface area (Å²) in [6, 6.07) is 20.0. The van der Waals surface area contributed by atoms with Gasteiger partial charge in [-0.1, -0.05) is 10.0 Å². The molecule has 2 aromatic rings. The van der Waals surface area contributed by atoms with Crippen LogP contribution in [-0.2, 0) is 0 Å². The van der Waals surface area contributed by atoms with Gasteiger partial charge in [0, 0.05) is 0 Å². The molecule has 0 saturated heterocycles. The molecule has 0 aromatic heterocycles. The van der Waals surface area contributed by atoms with E-state index in [1.807, 2.05) is 0 Å². The van der Waals surface area contributed by atoms with Gasteiger partial charge in [0.1, 0.15) is 0 Å². The minimum atomic E-state index is 0. The normalized spacial score (nSPS) is 8.13. The molecular weight excluding hydrogens is 255 g/mol. The SMILES string of the molecule is Clc1cc[c-]cc1.Clc1cc[c-]cc1.[Ca+2]. The van der Waals surface area contributed by atoms with Crippen molar-refractivity contribution in [1.29, 1.82) is 0 Å². The second kappa shape index (κ2) is 9.50. The van der Waals surface area contributed by atoms with Gasteiger partial charge in [0.15, 0.2) is 0 Å². The molecule has 2 rings (SSSR count). The van der Waals surface area contributed by atoms with Gasteiger partial charge in [-0.25, -0.2) is 0 Å². The van der Waals surface area contributed by atoms with E-state index in [1.165, 1.54) is 0 Å². The van der Waals surface area contributed by atoms with E-state index in [9.17, 15) is 0 Å². The summed E-state index contributed by atoms with van der Waals surface area (Å²) in [5, 5.41) is 1.53. The molecule has 2 aromatic carbocycles. The Morgan fingerprint density at radius 3 is 1.07 bits per heavy atom. The van der Waals surface area contributed by atoms with E-state index in [4.69, 9.17) is 23.2 Å². The maximum absolute atomic E-state index is 5.52. The van der Waals surface area contributed by atoms with Crippen molar-refractivity contribution in [3.63, 3.8) is 0 Å². The van der Waals surface area contributed by atoms with Gasteiger partial charge in [0.2, 0.25) is 0 Å². The van der Waals surface area contributed by atoms with Crippen LogP contribution in [0, 0.1) is 12.1 Å². The monoisotopic (exact) mass is 262 g/mol. The molecule has 0 saturated carbocycles. The second-order valence-electron chi connectivity index (χ2n) is 2.44. The van der Waals surface area contributed by atoms with Crippen LogP contribution in [-0.4, -0.2) is 37.7 Å². The first kappa shape index (κ1) is 15.3. The van der Waals surface area contributed by atoms with E-state index < -0.39 is 0 Å². The van der Waals surface area contributed by atoms with Gasteiger partial charge in [0.05, 0.1) is 0 Å². The van der Waals surface area contributed by atoms with Gasteiger partial charge >= 0.3 is 37.7 Å². The van der Waals surface area contributed by atoms with Crippen LogP contribution >= 0.6 is 23.2 Å². The molecule has 0 fully saturated rings. The van der Waals surface area contributed by atoms with Crippen molar-refractivity contribution in [3.05, 3.63) is 70.7 Å². The Labute approximate surface area is 130 Å². The van der Waals surface area contributed by atoms with Gasteiger partial charge in [-0.15, -0.1) is 23.2 Å². The Kier molecular flexibility index (Phi) is 9.68. The molecule has 0 aliphatic heterocycles. The quantitative estimate of drug-likeness (QED) is 0.499. The van der Waals surface area contributed by atoms with Gasteiger partial charge < -0.3 is 0 Å². The van der Waals surface area contributed by atoms with Crippen LogP contribution in [0.5, 0.6) is 0 Å². The average molecular weight is 263 g/mol. The summed E-state index contributed by atoms with van der Waals surface area (Å²) < 4.78 is 0.